The molecule has 112 valence electrons. The number of nitrogens with two attached hydrogens (primary N) is 1. The molecule has 0 spiro atoms. The first kappa shape index (κ1) is 15.9. The van der Waals surface area contributed by atoms with E-state index in [1.54, 1.807) is 12.1 Å². The Morgan fingerprint density at radius 2 is 2.15 bits per heavy atom. The third kappa shape index (κ3) is 3.58. The second-order valence-electron chi connectivity index (χ2n) is 5.17. The zero-order chi connectivity index (χ0) is 14.6. The minimum atomic E-state index is -0.326. The summed E-state index contributed by atoms with van der Waals surface area (Å²) in [5, 5.41) is 0. The number of hydrogen-bond donors (Lipinski definition) is 1. The average molecular weight is 346 g/mol. The first-order valence-corrected chi connectivity index (χ1v) is 7.78. The molecule has 0 radical (unpaired) electrons. The molecule has 1 fully saturated rings. The van der Waals surface area contributed by atoms with Crippen molar-refractivity contribution < 1.29 is 13.9 Å². The van der Waals surface area contributed by atoms with Crippen LogP contribution in [0.3, 0.4) is 0 Å². The fraction of sp³-hybridized carbons (Fsp3) is 0.600. The molecule has 1 saturated heterocycles. The Morgan fingerprint density at radius 1 is 1.45 bits per heavy atom. The van der Waals surface area contributed by atoms with Crippen molar-refractivity contribution in [2.24, 2.45) is 5.73 Å². The van der Waals surface area contributed by atoms with Gasteiger partial charge in [0.25, 0.3) is 0 Å². The zero-order valence-electron chi connectivity index (χ0n) is 11.7. The molecular formula is C15H21BrFNO2. The molecule has 0 aromatic heterocycles. The van der Waals surface area contributed by atoms with Crippen molar-refractivity contribution in [1.29, 1.82) is 0 Å². The Bertz CT molecular complexity index is 444. The zero-order valence-corrected chi connectivity index (χ0v) is 13.3. The molecule has 0 bridgehead atoms. The summed E-state index contributed by atoms with van der Waals surface area (Å²) in [4.78, 5) is 0. The van der Waals surface area contributed by atoms with Gasteiger partial charge in [-0.05, 0) is 47.0 Å². The molecule has 20 heavy (non-hydrogen) atoms. The second kappa shape index (κ2) is 6.98. The molecule has 1 aromatic carbocycles. The average Bonchev–Trinajstić information content (AvgIpc) is 2.44. The van der Waals surface area contributed by atoms with Crippen LogP contribution in [0.4, 0.5) is 4.39 Å². The summed E-state index contributed by atoms with van der Waals surface area (Å²) >= 11 is 3.21. The lowest BCUT2D eigenvalue weighted by Gasteiger charge is -2.41. The fourth-order valence-electron chi connectivity index (χ4n) is 2.73. The first-order chi connectivity index (χ1) is 9.57. The third-order valence-corrected chi connectivity index (χ3v) is 4.49. The van der Waals surface area contributed by atoms with Gasteiger partial charge in [-0.1, -0.05) is 6.07 Å². The summed E-state index contributed by atoms with van der Waals surface area (Å²) in [7, 11) is 0. The van der Waals surface area contributed by atoms with Gasteiger partial charge >= 0.3 is 0 Å². The molecule has 1 aromatic rings. The summed E-state index contributed by atoms with van der Waals surface area (Å²) < 4.78 is 25.1. The molecule has 0 amide bonds. The first-order valence-electron chi connectivity index (χ1n) is 6.98. The summed E-state index contributed by atoms with van der Waals surface area (Å²) in [5.41, 5.74) is 7.08. The van der Waals surface area contributed by atoms with Gasteiger partial charge in [-0.3, -0.25) is 0 Å². The lowest BCUT2D eigenvalue weighted by Crippen LogP contribution is -2.54. The van der Waals surface area contributed by atoms with E-state index < -0.39 is 0 Å². The van der Waals surface area contributed by atoms with E-state index >= 15 is 0 Å². The van der Waals surface area contributed by atoms with Crippen LogP contribution in [0.5, 0.6) is 0 Å². The van der Waals surface area contributed by atoms with Crippen molar-refractivity contribution in [3.63, 3.8) is 0 Å². The highest BCUT2D eigenvalue weighted by molar-refractivity contribution is 9.10. The summed E-state index contributed by atoms with van der Waals surface area (Å²) in [6, 6.07) is 4.90. The van der Waals surface area contributed by atoms with E-state index in [1.807, 2.05) is 6.92 Å². The maximum absolute atomic E-state index is 13.3. The van der Waals surface area contributed by atoms with E-state index in [-0.39, 0.29) is 17.5 Å². The van der Waals surface area contributed by atoms with Gasteiger partial charge in [-0.25, -0.2) is 4.39 Å². The normalized spacial score (nSPS) is 19.8. The van der Waals surface area contributed by atoms with Crippen molar-refractivity contribution in [2.75, 3.05) is 19.8 Å². The number of halogens is 2. The van der Waals surface area contributed by atoms with E-state index in [4.69, 9.17) is 15.2 Å². The Hall–Kier alpha value is -0.490. The Labute approximate surface area is 127 Å². The predicted molar refractivity (Wildman–Crippen MR) is 80.2 cm³/mol. The second-order valence-corrected chi connectivity index (χ2v) is 6.02. The summed E-state index contributed by atoms with van der Waals surface area (Å²) in [6.07, 6.45) is 2.29. The lowest BCUT2D eigenvalue weighted by atomic mass is 9.83. The van der Waals surface area contributed by atoms with Crippen LogP contribution in [0, 0.1) is 5.82 Å². The van der Waals surface area contributed by atoms with Crippen LogP contribution in [0.15, 0.2) is 22.7 Å². The largest absolute Gasteiger partial charge is 0.381 e. The van der Waals surface area contributed by atoms with E-state index in [0.717, 1.165) is 18.4 Å². The predicted octanol–water partition coefficient (Wildman–Crippen LogP) is 3.04. The van der Waals surface area contributed by atoms with Gasteiger partial charge in [0, 0.05) is 38.7 Å². The Kier molecular flexibility index (Phi) is 5.55. The lowest BCUT2D eigenvalue weighted by molar-refractivity contribution is -0.120. The molecule has 3 nitrogen and oxygen atoms in total. The van der Waals surface area contributed by atoms with Gasteiger partial charge in [0.1, 0.15) is 5.82 Å². The highest BCUT2D eigenvalue weighted by atomic mass is 79.9. The maximum Gasteiger partial charge on any atom is 0.137 e. The molecule has 1 aliphatic heterocycles. The molecule has 0 aliphatic carbocycles. The quantitative estimate of drug-likeness (QED) is 0.891. The monoisotopic (exact) mass is 345 g/mol. The van der Waals surface area contributed by atoms with Crippen LogP contribution in [0.25, 0.3) is 0 Å². The molecule has 1 aliphatic rings. The SMILES string of the molecule is CCOC1(C(N)Cc2ccc(F)c(Br)c2)CCOCC1. The molecular weight excluding hydrogens is 325 g/mol. The van der Waals surface area contributed by atoms with Gasteiger partial charge < -0.3 is 15.2 Å². The molecule has 0 saturated carbocycles. The topological polar surface area (TPSA) is 44.5 Å². The number of rotatable bonds is 5. The van der Waals surface area contributed by atoms with Crippen LogP contribution < -0.4 is 5.73 Å². The smallest absolute Gasteiger partial charge is 0.137 e. The molecule has 2 rings (SSSR count). The van der Waals surface area contributed by atoms with E-state index in [2.05, 4.69) is 15.9 Å². The van der Waals surface area contributed by atoms with Crippen molar-refractivity contribution in [2.45, 2.75) is 37.8 Å². The van der Waals surface area contributed by atoms with Gasteiger partial charge in [0.05, 0.1) is 10.1 Å². The van der Waals surface area contributed by atoms with Gasteiger partial charge in [-0.15, -0.1) is 0 Å². The van der Waals surface area contributed by atoms with Crippen LogP contribution >= 0.6 is 15.9 Å². The van der Waals surface area contributed by atoms with E-state index in [1.165, 1.54) is 6.07 Å². The molecule has 5 heteroatoms. The fourth-order valence-corrected chi connectivity index (χ4v) is 3.16. The third-order valence-electron chi connectivity index (χ3n) is 3.89. The minimum absolute atomic E-state index is 0.122. The Morgan fingerprint density at radius 3 is 2.75 bits per heavy atom. The van der Waals surface area contributed by atoms with Crippen LogP contribution in [0.1, 0.15) is 25.3 Å². The summed E-state index contributed by atoms with van der Waals surface area (Å²) in [6.45, 7) is 3.99. The molecule has 1 atom stereocenters. The van der Waals surface area contributed by atoms with E-state index in [9.17, 15) is 4.39 Å². The molecule has 1 unspecified atom stereocenters. The van der Waals surface area contributed by atoms with Crippen molar-refractivity contribution in [3.8, 4) is 0 Å². The van der Waals surface area contributed by atoms with Gasteiger partial charge in [0.15, 0.2) is 0 Å². The summed E-state index contributed by atoms with van der Waals surface area (Å²) in [5.74, 6) is -0.257. The van der Waals surface area contributed by atoms with Crippen LogP contribution in [-0.2, 0) is 15.9 Å². The highest BCUT2D eigenvalue weighted by Gasteiger charge is 2.39. The van der Waals surface area contributed by atoms with Gasteiger partial charge in [-0.2, -0.15) is 0 Å². The van der Waals surface area contributed by atoms with Crippen molar-refractivity contribution >= 4 is 15.9 Å². The Balaban J connectivity index is 2.11. The standard InChI is InChI=1S/C15H21BrFNO2/c1-2-20-15(5-7-19-8-6-15)14(18)10-11-3-4-13(17)12(16)9-11/h3-4,9,14H,2,5-8,10,18H2,1H3. The minimum Gasteiger partial charge on any atom is -0.381 e. The number of ether oxygens (including phenoxy) is 2. The van der Waals surface area contributed by atoms with Crippen molar-refractivity contribution in [1.82, 2.24) is 0 Å². The highest BCUT2D eigenvalue weighted by Crippen LogP contribution is 2.30. The molecule has 1 heterocycles. The van der Waals surface area contributed by atoms with E-state index in [0.29, 0.717) is 30.7 Å². The van der Waals surface area contributed by atoms with Crippen LogP contribution in [-0.4, -0.2) is 31.5 Å². The molecule has 2 N–H and O–H groups in total. The maximum atomic E-state index is 13.3. The number of benzene rings is 1. The van der Waals surface area contributed by atoms with Crippen LogP contribution in [0.2, 0.25) is 0 Å². The van der Waals surface area contributed by atoms with Gasteiger partial charge in [0.2, 0.25) is 0 Å². The van der Waals surface area contributed by atoms with Crippen molar-refractivity contribution in [3.05, 3.63) is 34.1 Å². The number of hydrogen-bond acceptors (Lipinski definition) is 3.